The van der Waals surface area contributed by atoms with Crippen molar-refractivity contribution in [2.75, 3.05) is 5.32 Å². The molecule has 4 heteroatoms. The van der Waals surface area contributed by atoms with Gasteiger partial charge in [0.1, 0.15) is 5.75 Å². The summed E-state index contributed by atoms with van der Waals surface area (Å²) in [7, 11) is 0. The molecular weight excluding hydrogens is 342 g/mol. The predicted octanol–water partition coefficient (Wildman–Crippen LogP) is 4.98. The summed E-state index contributed by atoms with van der Waals surface area (Å²) >= 11 is 3.37. The number of nitrogens with one attached hydrogen (secondary N) is 1. The van der Waals surface area contributed by atoms with Gasteiger partial charge in [0.15, 0.2) is 6.10 Å². The van der Waals surface area contributed by atoms with Crippen LogP contribution in [0.15, 0.2) is 53.0 Å². The van der Waals surface area contributed by atoms with E-state index in [-0.39, 0.29) is 5.91 Å². The average molecular weight is 362 g/mol. The molecule has 1 N–H and O–H groups in total. The van der Waals surface area contributed by atoms with Crippen molar-refractivity contribution < 1.29 is 9.53 Å². The number of amides is 1. The Balaban J connectivity index is 1.94. The van der Waals surface area contributed by atoms with Crippen molar-refractivity contribution in [2.24, 2.45) is 0 Å². The Morgan fingerprint density at radius 2 is 1.59 bits per heavy atom. The van der Waals surface area contributed by atoms with Crippen LogP contribution in [0.5, 0.6) is 5.75 Å². The molecule has 3 nitrogen and oxygen atoms in total. The lowest BCUT2D eigenvalue weighted by atomic mass is 10.0. The van der Waals surface area contributed by atoms with Crippen LogP contribution >= 0.6 is 15.9 Å². The third-order valence-electron chi connectivity index (χ3n) is 3.34. The monoisotopic (exact) mass is 361 g/mol. The molecule has 0 heterocycles. The van der Waals surface area contributed by atoms with Crippen LogP contribution in [0, 0.1) is 0 Å². The van der Waals surface area contributed by atoms with Crippen LogP contribution < -0.4 is 10.1 Å². The van der Waals surface area contributed by atoms with Crippen molar-refractivity contribution in [1.82, 2.24) is 0 Å². The van der Waals surface area contributed by atoms with Crippen LogP contribution in [-0.2, 0) is 4.79 Å². The zero-order chi connectivity index (χ0) is 16.1. The minimum absolute atomic E-state index is 0.166. The van der Waals surface area contributed by atoms with Crippen LogP contribution in [0.4, 0.5) is 5.69 Å². The molecule has 0 spiro atoms. The van der Waals surface area contributed by atoms with Crippen LogP contribution in [0.3, 0.4) is 0 Å². The van der Waals surface area contributed by atoms with Crippen molar-refractivity contribution >= 4 is 27.5 Å². The summed E-state index contributed by atoms with van der Waals surface area (Å²) in [5.74, 6) is 0.977. The first-order chi connectivity index (χ1) is 10.5. The van der Waals surface area contributed by atoms with E-state index < -0.39 is 6.10 Å². The standard InChI is InChI=1S/C18H20BrNO2/c1-12(2)14-4-8-16(9-5-14)20-18(21)13(3)22-17-10-6-15(19)7-11-17/h4-13H,1-3H3,(H,20,21)/t13-/m0/s1. The highest BCUT2D eigenvalue weighted by Gasteiger charge is 2.15. The normalized spacial score (nSPS) is 12.0. The summed E-state index contributed by atoms with van der Waals surface area (Å²) in [6, 6.07) is 15.3. The quantitative estimate of drug-likeness (QED) is 0.815. The van der Waals surface area contributed by atoms with E-state index in [1.807, 2.05) is 48.5 Å². The van der Waals surface area contributed by atoms with Crippen LogP contribution in [0.1, 0.15) is 32.3 Å². The zero-order valence-corrected chi connectivity index (χ0v) is 14.6. The van der Waals surface area contributed by atoms with Gasteiger partial charge < -0.3 is 10.1 Å². The van der Waals surface area contributed by atoms with E-state index in [2.05, 4.69) is 35.1 Å². The molecule has 116 valence electrons. The van der Waals surface area contributed by atoms with Crippen LogP contribution in [-0.4, -0.2) is 12.0 Å². The SMILES string of the molecule is CC(C)c1ccc(NC(=O)[C@H](C)Oc2ccc(Br)cc2)cc1. The van der Waals surface area contributed by atoms with Gasteiger partial charge >= 0.3 is 0 Å². The number of benzene rings is 2. The number of carbonyl (C=O) groups is 1. The second-order valence-corrected chi connectivity index (χ2v) is 6.40. The molecule has 0 saturated heterocycles. The Hall–Kier alpha value is -1.81. The van der Waals surface area contributed by atoms with Crippen LogP contribution in [0.2, 0.25) is 0 Å². The van der Waals surface area contributed by atoms with Gasteiger partial charge in [0.05, 0.1) is 0 Å². The Bertz CT molecular complexity index is 621. The Morgan fingerprint density at radius 1 is 1.00 bits per heavy atom. The van der Waals surface area contributed by atoms with Gasteiger partial charge in [-0.1, -0.05) is 41.9 Å². The van der Waals surface area contributed by atoms with Crippen molar-refractivity contribution in [3.05, 3.63) is 58.6 Å². The van der Waals surface area contributed by atoms with Crippen molar-refractivity contribution in [2.45, 2.75) is 32.8 Å². The molecule has 2 aromatic rings. The molecular formula is C18H20BrNO2. The highest BCUT2D eigenvalue weighted by molar-refractivity contribution is 9.10. The largest absolute Gasteiger partial charge is 0.481 e. The van der Waals surface area contributed by atoms with Gasteiger partial charge in [0.25, 0.3) is 5.91 Å². The Labute approximate surface area is 139 Å². The predicted molar refractivity (Wildman–Crippen MR) is 93.4 cm³/mol. The van der Waals surface area contributed by atoms with E-state index in [1.54, 1.807) is 6.92 Å². The molecule has 0 bridgehead atoms. The number of halogens is 1. The lowest BCUT2D eigenvalue weighted by Crippen LogP contribution is -2.30. The first kappa shape index (κ1) is 16.6. The van der Waals surface area contributed by atoms with E-state index >= 15 is 0 Å². The molecule has 1 amide bonds. The molecule has 2 aromatic carbocycles. The lowest BCUT2D eigenvalue weighted by Gasteiger charge is -2.15. The maximum absolute atomic E-state index is 12.2. The fourth-order valence-electron chi connectivity index (χ4n) is 1.97. The summed E-state index contributed by atoms with van der Waals surface area (Å²) in [6.07, 6.45) is -0.564. The van der Waals surface area contributed by atoms with Gasteiger partial charge in [-0.15, -0.1) is 0 Å². The fraction of sp³-hybridized carbons (Fsp3) is 0.278. The summed E-state index contributed by atoms with van der Waals surface area (Å²) in [6.45, 7) is 6.02. The zero-order valence-electron chi connectivity index (χ0n) is 13.0. The maximum Gasteiger partial charge on any atom is 0.265 e. The minimum Gasteiger partial charge on any atom is -0.481 e. The number of anilines is 1. The van der Waals surface area contributed by atoms with Crippen molar-refractivity contribution in [3.63, 3.8) is 0 Å². The van der Waals surface area contributed by atoms with Crippen LogP contribution in [0.25, 0.3) is 0 Å². The maximum atomic E-state index is 12.2. The van der Waals surface area contributed by atoms with Gasteiger partial charge in [0, 0.05) is 10.2 Å². The average Bonchev–Trinajstić information content (AvgIpc) is 2.50. The Kier molecular flexibility index (Phi) is 5.61. The molecule has 0 unspecified atom stereocenters. The third-order valence-corrected chi connectivity index (χ3v) is 3.87. The molecule has 22 heavy (non-hydrogen) atoms. The highest BCUT2D eigenvalue weighted by atomic mass is 79.9. The van der Waals surface area contributed by atoms with Gasteiger partial charge in [-0.2, -0.15) is 0 Å². The smallest absolute Gasteiger partial charge is 0.265 e. The Morgan fingerprint density at radius 3 is 2.14 bits per heavy atom. The topological polar surface area (TPSA) is 38.3 Å². The molecule has 0 aliphatic carbocycles. The molecule has 2 rings (SSSR count). The number of carbonyl (C=O) groups excluding carboxylic acids is 1. The second kappa shape index (κ2) is 7.45. The van der Waals surface area contributed by atoms with E-state index in [0.29, 0.717) is 11.7 Å². The summed E-state index contributed by atoms with van der Waals surface area (Å²) in [4.78, 5) is 12.2. The molecule has 0 aromatic heterocycles. The first-order valence-electron chi connectivity index (χ1n) is 7.29. The fourth-order valence-corrected chi connectivity index (χ4v) is 2.23. The first-order valence-corrected chi connectivity index (χ1v) is 8.08. The summed E-state index contributed by atoms with van der Waals surface area (Å²) < 4.78 is 6.61. The molecule has 0 fully saturated rings. The lowest BCUT2D eigenvalue weighted by molar-refractivity contribution is -0.122. The number of hydrogen-bond donors (Lipinski definition) is 1. The number of rotatable bonds is 5. The summed E-state index contributed by atoms with van der Waals surface area (Å²) in [5, 5.41) is 2.87. The molecule has 1 atom stereocenters. The van der Waals surface area contributed by atoms with Crippen molar-refractivity contribution in [3.8, 4) is 5.75 Å². The third kappa shape index (κ3) is 4.60. The highest BCUT2D eigenvalue weighted by Crippen LogP contribution is 2.19. The number of hydrogen-bond acceptors (Lipinski definition) is 2. The second-order valence-electron chi connectivity index (χ2n) is 5.48. The van der Waals surface area contributed by atoms with Gasteiger partial charge in [-0.25, -0.2) is 0 Å². The molecule has 0 radical (unpaired) electrons. The summed E-state index contributed by atoms with van der Waals surface area (Å²) in [5.41, 5.74) is 2.03. The minimum atomic E-state index is -0.564. The van der Waals surface area contributed by atoms with Gasteiger partial charge in [0.2, 0.25) is 0 Å². The van der Waals surface area contributed by atoms with E-state index in [0.717, 1.165) is 10.2 Å². The van der Waals surface area contributed by atoms with Gasteiger partial charge in [-0.05, 0) is 54.8 Å². The number of ether oxygens (including phenoxy) is 1. The van der Waals surface area contributed by atoms with E-state index in [4.69, 9.17) is 4.74 Å². The van der Waals surface area contributed by atoms with E-state index in [9.17, 15) is 4.79 Å². The van der Waals surface area contributed by atoms with E-state index in [1.165, 1.54) is 5.56 Å². The van der Waals surface area contributed by atoms with Gasteiger partial charge in [-0.3, -0.25) is 4.79 Å². The molecule has 0 saturated carbocycles. The van der Waals surface area contributed by atoms with Crippen molar-refractivity contribution in [1.29, 1.82) is 0 Å². The molecule has 0 aliphatic rings. The molecule has 0 aliphatic heterocycles.